The van der Waals surface area contributed by atoms with Gasteiger partial charge in [-0.25, -0.2) is 4.98 Å². The van der Waals surface area contributed by atoms with Crippen LogP contribution in [0.1, 0.15) is 30.9 Å². The molecule has 19 heavy (non-hydrogen) atoms. The van der Waals surface area contributed by atoms with Gasteiger partial charge in [-0.05, 0) is 25.5 Å². The highest BCUT2D eigenvalue weighted by atomic mass is 16.5. The summed E-state index contributed by atoms with van der Waals surface area (Å²) in [5, 5.41) is 4.02. The largest absolute Gasteiger partial charge is 0.339 e. The van der Waals surface area contributed by atoms with Gasteiger partial charge in [0.25, 0.3) is 0 Å². The van der Waals surface area contributed by atoms with Gasteiger partial charge in [-0.1, -0.05) is 24.2 Å². The summed E-state index contributed by atoms with van der Waals surface area (Å²) in [4.78, 5) is 8.93. The van der Waals surface area contributed by atoms with E-state index < -0.39 is 0 Å². The summed E-state index contributed by atoms with van der Waals surface area (Å²) in [5.41, 5.74) is 2.10. The summed E-state index contributed by atoms with van der Waals surface area (Å²) < 4.78 is 7.32. The first-order valence-corrected chi connectivity index (χ1v) is 6.51. The third kappa shape index (κ3) is 2.23. The van der Waals surface area contributed by atoms with E-state index in [9.17, 15) is 0 Å². The van der Waals surface area contributed by atoms with E-state index in [1.54, 1.807) is 0 Å². The molecule has 98 valence electrons. The molecule has 0 N–H and O–H groups in total. The first-order valence-electron chi connectivity index (χ1n) is 6.51. The number of hydrogen-bond acceptors (Lipinski definition) is 4. The van der Waals surface area contributed by atoms with E-state index in [2.05, 4.69) is 32.7 Å². The second-order valence-corrected chi connectivity index (χ2v) is 4.59. The molecular weight excluding hydrogens is 240 g/mol. The van der Waals surface area contributed by atoms with Crippen LogP contribution in [0.25, 0.3) is 11.0 Å². The Kier molecular flexibility index (Phi) is 3.03. The van der Waals surface area contributed by atoms with Crippen molar-refractivity contribution in [3.63, 3.8) is 0 Å². The summed E-state index contributed by atoms with van der Waals surface area (Å²) in [6.45, 7) is 4.68. The molecule has 0 aliphatic heterocycles. The SMILES string of the molecule is CCCc1nc(Cn2c(C)nc3ccccc32)no1. The number of aryl methyl sites for hydroxylation is 2. The smallest absolute Gasteiger partial charge is 0.226 e. The first-order chi connectivity index (χ1) is 9.28. The Morgan fingerprint density at radius 1 is 1.21 bits per heavy atom. The maximum atomic E-state index is 5.21. The van der Waals surface area contributed by atoms with Crippen LogP contribution in [0.3, 0.4) is 0 Å². The van der Waals surface area contributed by atoms with Crippen LogP contribution in [0.4, 0.5) is 0 Å². The van der Waals surface area contributed by atoms with Crippen molar-refractivity contribution in [1.29, 1.82) is 0 Å². The van der Waals surface area contributed by atoms with E-state index >= 15 is 0 Å². The molecule has 5 heteroatoms. The first kappa shape index (κ1) is 11.9. The molecule has 0 saturated heterocycles. The van der Waals surface area contributed by atoms with Crippen LogP contribution in [0.2, 0.25) is 0 Å². The van der Waals surface area contributed by atoms with Gasteiger partial charge in [-0.3, -0.25) is 0 Å². The molecule has 0 amide bonds. The summed E-state index contributed by atoms with van der Waals surface area (Å²) in [6, 6.07) is 8.07. The molecular formula is C14H16N4O. The lowest BCUT2D eigenvalue weighted by Crippen LogP contribution is -2.03. The molecule has 0 radical (unpaired) electrons. The maximum absolute atomic E-state index is 5.21. The molecule has 2 aromatic heterocycles. The highest BCUT2D eigenvalue weighted by molar-refractivity contribution is 5.75. The van der Waals surface area contributed by atoms with Crippen LogP contribution in [0.5, 0.6) is 0 Å². The normalized spacial score (nSPS) is 11.3. The molecule has 0 fully saturated rings. The summed E-state index contributed by atoms with van der Waals surface area (Å²) >= 11 is 0. The fourth-order valence-electron chi connectivity index (χ4n) is 2.21. The standard InChI is InChI=1S/C14H16N4O/c1-3-6-14-16-13(17-19-14)9-18-10(2)15-11-7-4-5-8-12(11)18/h4-5,7-8H,3,6,9H2,1-2H3. The minimum Gasteiger partial charge on any atom is -0.339 e. The van der Waals surface area contributed by atoms with E-state index in [-0.39, 0.29) is 0 Å². The monoisotopic (exact) mass is 256 g/mol. The summed E-state index contributed by atoms with van der Waals surface area (Å²) in [7, 11) is 0. The lowest BCUT2D eigenvalue weighted by Gasteiger charge is -2.02. The molecule has 0 saturated carbocycles. The molecule has 0 unspecified atom stereocenters. The summed E-state index contributed by atoms with van der Waals surface area (Å²) in [6.07, 6.45) is 1.84. The van der Waals surface area contributed by atoms with Crippen molar-refractivity contribution >= 4 is 11.0 Å². The van der Waals surface area contributed by atoms with Crippen molar-refractivity contribution < 1.29 is 4.52 Å². The van der Waals surface area contributed by atoms with Crippen molar-refractivity contribution in [3.05, 3.63) is 41.8 Å². The average Bonchev–Trinajstić information content (AvgIpc) is 2.96. The van der Waals surface area contributed by atoms with Crippen molar-refractivity contribution in [2.45, 2.75) is 33.2 Å². The lowest BCUT2D eigenvalue weighted by atomic mass is 10.3. The van der Waals surface area contributed by atoms with E-state index in [0.717, 1.165) is 29.7 Å². The zero-order chi connectivity index (χ0) is 13.2. The number of fused-ring (bicyclic) bond motifs is 1. The van der Waals surface area contributed by atoms with Gasteiger partial charge in [0, 0.05) is 6.42 Å². The Morgan fingerprint density at radius 2 is 2.05 bits per heavy atom. The summed E-state index contributed by atoms with van der Waals surface area (Å²) in [5.74, 6) is 2.37. The molecule has 3 aromatic rings. The minimum atomic E-state index is 0.597. The topological polar surface area (TPSA) is 56.7 Å². The zero-order valence-corrected chi connectivity index (χ0v) is 11.1. The van der Waals surface area contributed by atoms with E-state index in [1.807, 2.05) is 25.1 Å². The molecule has 0 spiro atoms. The van der Waals surface area contributed by atoms with E-state index in [1.165, 1.54) is 0 Å². The van der Waals surface area contributed by atoms with Gasteiger partial charge in [0.05, 0.1) is 17.6 Å². The molecule has 5 nitrogen and oxygen atoms in total. The molecule has 1 aromatic carbocycles. The number of imidazole rings is 1. The molecule has 0 aliphatic carbocycles. The number of benzene rings is 1. The molecule has 3 rings (SSSR count). The van der Waals surface area contributed by atoms with Gasteiger partial charge in [0.15, 0.2) is 5.82 Å². The van der Waals surface area contributed by atoms with Crippen LogP contribution in [-0.4, -0.2) is 19.7 Å². The fraction of sp³-hybridized carbons (Fsp3) is 0.357. The van der Waals surface area contributed by atoms with Crippen LogP contribution in [-0.2, 0) is 13.0 Å². The number of hydrogen-bond donors (Lipinski definition) is 0. The van der Waals surface area contributed by atoms with Crippen LogP contribution in [0, 0.1) is 6.92 Å². The molecule has 2 heterocycles. The van der Waals surface area contributed by atoms with Crippen molar-refractivity contribution in [2.75, 3.05) is 0 Å². The number of nitrogens with zero attached hydrogens (tertiary/aromatic N) is 4. The predicted octanol–water partition coefficient (Wildman–Crippen LogP) is 2.73. The Balaban J connectivity index is 1.93. The number of rotatable bonds is 4. The highest BCUT2D eigenvalue weighted by Crippen LogP contribution is 2.16. The van der Waals surface area contributed by atoms with Gasteiger partial charge in [0.1, 0.15) is 5.82 Å². The van der Waals surface area contributed by atoms with E-state index in [4.69, 9.17) is 4.52 Å². The second-order valence-electron chi connectivity index (χ2n) is 4.59. The minimum absolute atomic E-state index is 0.597. The lowest BCUT2D eigenvalue weighted by molar-refractivity contribution is 0.371. The Morgan fingerprint density at radius 3 is 2.89 bits per heavy atom. The maximum Gasteiger partial charge on any atom is 0.226 e. The Labute approximate surface area is 111 Å². The van der Waals surface area contributed by atoms with Gasteiger partial charge in [-0.15, -0.1) is 0 Å². The van der Waals surface area contributed by atoms with E-state index in [0.29, 0.717) is 18.3 Å². The average molecular weight is 256 g/mol. The van der Waals surface area contributed by atoms with Crippen molar-refractivity contribution in [3.8, 4) is 0 Å². The van der Waals surface area contributed by atoms with Gasteiger partial charge in [0.2, 0.25) is 5.89 Å². The fourth-order valence-corrected chi connectivity index (χ4v) is 2.21. The highest BCUT2D eigenvalue weighted by Gasteiger charge is 2.11. The third-order valence-corrected chi connectivity index (χ3v) is 3.12. The van der Waals surface area contributed by atoms with Crippen LogP contribution >= 0.6 is 0 Å². The number of aromatic nitrogens is 4. The number of para-hydroxylation sites is 2. The van der Waals surface area contributed by atoms with Crippen molar-refractivity contribution in [2.24, 2.45) is 0 Å². The van der Waals surface area contributed by atoms with Gasteiger partial charge in [-0.2, -0.15) is 4.98 Å². The Bertz CT molecular complexity index is 698. The second kappa shape index (κ2) is 4.84. The molecule has 0 bridgehead atoms. The Hall–Kier alpha value is -2.17. The predicted molar refractivity (Wildman–Crippen MR) is 71.9 cm³/mol. The van der Waals surface area contributed by atoms with Crippen molar-refractivity contribution in [1.82, 2.24) is 19.7 Å². The van der Waals surface area contributed by atoms with Gasteiger partial charge < -0.3 is 9.09 Å². The molecule has 0 atom stereocenters. The van der Waals surface area contributed by atoms with Gasteiger partial charge >= 0.3 is 0 Å². The molecule has 0 aliphatic rings. The zero-order valence-electron chi connectivity index (χ0n) is 11.1. The van der Waals surface area contributed by atoms with Crippen LogP contribution < -0.4 is 0 Å². The quantitative estimate of drug-likeness (QED) is 0.720. The third-order valence-electron chi connectivity index (χ3n) is 3.12. The van der Waals surface area contributed by atoms with Crippen LogP contribution in [0.15, 0.2) is 28.8 Å².